The number of carbonyl (C=O) groups excluding carboxylic acids is 1. The summed E-state index contributed by atoms with van der Waals surface area (Å²) in [4.78, 5) is 20.1. The zero-order valence-electron chi connectivity index (χ0n) is 18.1. The van der Waals surface area contributed by atoms with Gasteiger partial charge in [-0.2, -0.15) is 5.10 Å². The molecule has 9 nitrogen and oxygen atoms in total. The predicted molar refractivity (Wildman–Crippen MR) is 126 cm³/mol. The fourth-order valence-electron chi connectivity index (χ4n) is 3.29. The number of hydrogen-bond acceptors (Lipinski definition) is 8. The third kappa shape index (κ3) is 4.49. The number of aromatic amines is 1. The molecule has 0 saturated heterocycles. The number of carbonyl (C=O) groups is 1. The minimum atomic E-state index is -0.525. The lowest BCUT2D eigenvalue weighted by Crippen LogP contribution is -2.04. The molecule has 0 aliphatic heterocycles. The molecule has 0 aliphatic rings. The van der Waals surface area contributed by atoms with Crippen molar-refractivity contribution < 1.29 is 19.0 Å². The predicted octanol–water partition coefficient (Wildman–Crippen LogP) is 5.47. The summed E-state index contributed by atoms with van der Waals surface area (Å²) in [6.45, 7) is 0. The zero-order valence-corrected chi connectivity index (χ0v) is 18.1. The van der Waals surface area contributed by atoms with Crippen LogP contribution >= 0.6 is 0 Å². The van der Waals surface area contributed by atoms with E-state index in [9.17, 15) is 4.79 Å². The van der Waals surface area contributed by atoms with E-state index in [0.717, 1.165) is 5.75 Å². The Bertz CT molecular complexity index is 1440. The van der Waals surface area contributed by atoms with E-state index in [2.05, 4.69) is 25.5 Å². The number of aromatic nitrogens is 4. The number of methoxy groups -OCH3 is 1. The number of benzene rings is 2. The lowest BCUT2D eigenvalue weighted by Gasteiger charge is -2.10. The lowest BCUT2D eigenvalue weighted by molar-refractivity contribution is 0.0594. The van der Waals surface area contributed by atoms with Gasteiger partial charge in [0.05, 0.1) is 7.11 Å². The Labute approximate surface area is 194 Å². The summed E-state index contributed by atoms with van der Waals surface area (Å²) in [6.07, 6.45) is 3.14. The van der Waals surface area contributed by atoms with E-state index >= 15 is 0 Å². The number of para-hydroxylation sites is 1. The molecule has 0 aliphatic carbocycles. The van der Waals surface area contributed by atoms with E-state index in [1.807, 2.05) is 54.6 Å². The van der Waals surface area contributed by atoms with Gasteiger partial charge < -0.3 is 19.5 Å². The molecule has 0 amide bonds. The first kappa shape index (κ1) is 21.0. The van der Waals surface area contributed by atoms with Gasteiger partial charge in [-0.1, -0.05) is 18.2 Å². The smallest absolute Gasteiger partial charge is 0.356 e. The van der Waals surface area contributed by atoms with Gasteiger partial charge in [-0.15, -0.1) is 0 Å². The van der Waals surface area contributed by atoms with Crippen molar-refractivity contribution in [3.05, 3.63) is 90.9 Å². The van der Waals surface area contributed by atoms with Crippen LogP contribution in [0.2, 0.25) is 0 Å². The molecule has 0 fully saturated rings. The summed E-state index contributed by atoms with van der Waals surface area (Å²) < 4.78 is 16.7. The number of nitrogens with one attached hydrogen (secondary N) is 2. The van der Waals surface area contributed by atoms with E-state index in [1.165, 1.54) is 13.3 Å². The van der Waals surface area contributed by atoms with Gasteiger partial charge >= 0.3 is 5.97 Å². The maximum Gasteiger partial charge on any atom is 0.356 e. The normalized spacial score (nSPS) is 10.6. The summed E-state index contributed by atoms with van der Waals surface area (Å²) in [7, 11) is 1.31. The summed E-state index contributed by atoms with van der Waals surface area (Å²) in [5.74, 6) is 2.67. The Morgan fingerprint density at radius 2 is 1.56 bits per heavy atom. The maximum absolute atomic E-state index is 11.8. The summed E-state index contributed by atoms with van der Waals surface area (Å²) in [5, 5.41) is 11.0. The minimum absolute atomic E-state index is 0.184. The minimum Gasteiger partial charge on any atom is -0.464 e. The fourth-order valence-corrected chi connectivity index (χ4v) is 3.29. The molecule has 2 N–H and O–H groups in total. The molecule has 0 bridgehead atoms. The molecule has 0 spiro atoms. The molecule has 3 aromatic heterocycles. The number of pyridine rings is 2. The van der Waals surface area contributed by atoms with Crippen molar-refractivity contribution in [1.82, 2.24) is 20.2 Å². The number of fused-ring (bicyclic) bond motifs is 1. The molecule has 168 valence electrons. The van der Waals surface area contributed by atoms with Crippen LogP contribution < -0.4 is 14.8 Å². The highest BCUT2D eigenvalue weighted by molar-refractivity contribution is 5.95. The molecular weight excluding hydrogens is 434 g/mol. The maximum atomic E-state index is 11.8. The second-order valence-corrected chi connectivity index (χ2v) is 7.14. The number of ether oxygens (including phenoxy) is 3. The van der Waals surface area contributed by atoms with Crippen molar-refractivity contribution in [3.8, 4) is 23.0 Å². The molecule has 34 heavy (non-hydrogen) atoms. The second kappa shape index (κ2) is 9.29. The molecule has 9 heteroatoms. The number of nitrogens with zero attached hydrogens (tertiary/aromatic N) is 3. The lowest BCUT2D eigenvalue weighted by atomic mass is 10.2. The Morgan fingerprint density at radius 1 is 0.853 bits per heavy atom. The van der Waals surface area contributed by atoms with E-state index in [1.54, 1.807) is 24.4 Å². The summed E-state index contributed by atoms with van der Waals surface area (Å²) in [6, 6.07) is 21.9. The van der Waals surface area contributed by atoms with E-state index in [-0.39, 0.29) is 5.69 Å². The molecule has 0 saturated carbocycles. The van der Waals surface area contributed by atoms with Gasteiger partial charge in [-0.25, -0.2) is 14.8 Å². The van der Waals surface area contributed by atoms with Crippen molar-refractivity contribution in [2.75, 3.05) is 12.4 Å². The van der Waals surface area contributed by atoms with Crippen LogP contribution in [-0.2, 0) is 4.74 Å². The largest absolute Gasteiger partial charge is 0.464 e. The third-order valence-corrected chi connectivity index (χ3v) is 4.87. The molecule has 0 atom stereocenters. The summed E-state index contributed by atoms with van der Waals surface area (Å²) >= 11 is 0. The highest BCUT2D eigenvalue weighted by atomic mass is 16.5. The van der Waals surface area contributed by atoms with Crippen molar-refractivity contribution in [1.29, 1.82) is 0 Å². The van der Waals surface area contributed by atoms with Gasteiger partial charge in [0.25, 0.3) is 0 Å². The van der Waals surface area contributed by atoms with Gasteiger partial charge in [-0.05, 0) is 48.5 Å². The Hall–Kier alpha value is -4.92. The first-order valence-electron chi connectivity index (χ1n) is 10.3. The topological polar surface area (TPSA) is 111 Å². The quantitative estimate of drug-likeness (QED) is 0.312. The first-order valence-corrected chi connectivity index (χ1v) is 10.3. The molecule has 5 rings (SSSR count). The Kier molecular flexibility index (Phi) is 5.73. The van der Waals surface area contributed by atoms with Crippen LogP contribution in [0.3, 0.4) is 0 Å². The van der Waals surface area contributed by atoms with E-state index in [4.69, 9.17) is 14.2 Å². The molecule has 0 radical (unpaired) electrons. The molecule has 0 unspecified atom stereocenters. The number of hydrogen-bond donors (Lipinski definition) is 2. The van der Waals surface area contributed by atoms with Crippen molar-refractivity contribution in [2.45, 2.75) is 0 Å². The van der Waals surface area contributed by atoms with Gasteiger partial charge in [0, 0.05) is 24.1 Å². The standard InChI is InChI=1S/C25H19N5O4/c1-32-25(31)20-15-16(11-13-26-20)28-24-22-21(12-14-27-23(22)29-30-24)34-19-9-7-18(8-10-19)33-17-5-3-2-4-6-17/h2-15H,1H3,(H2,26,27,28,29,30). The monoisotopic (exact) mass is 453 g/mol. The van der Waals surface area contributed by atoms with E-state index in [0.29, 0.717) is 39.8 Å². The van der Waals surface area contributed by atoms with Crippen LogP contribution in [0.4, 0.5) is 11.5 Å². The van der Waals surface area contributed by atoms with Crippen LogP contribution in [0.15, 0.2) is 85.2 Å². The fraction of sp³-hybridized carbons (Fsp3) is 0.0400. The molecular formula is C25H19N5O4. The second-order valence-electron chi connectivity index (χ2n) is 7.14. The number of anilines is 2. The van der Waals surface area contributed by atoms with Crippen LogP contribution in [0.5, 0.6) is 23.0 Å². The molecule has 3 heterocycles. The first-order chi connectivity index (χ1) is 16.7. The zero-order chi connectivity index (χ0) is 23.3. The van der Waals surface area contributed by atoms with E-state index < -0.39 is 5.97 Å². The van der Waals surface area contributed by atoms with Crippen molar-refractivity contribution >= 4 is 28.5 Å². The highest BCUT2D eigenvalue weighted by Crippen LogP contribution is 2.35. The molecule has 2 aromatic carbocycles. The SMILES string of the molecule is COC(=O)c1cc(Nc2[nH]nc3nccc(Oc4ccc(Oc5ccccc5)cc4)c23)ccn1. The number of esters is 1. The molecule has 5 aromatic rings. The van der Waals surface area contributed by atoms with Crippen LogP contribution in [0, 0.1) is 0 Å². The average Bonchev–Trinajstić information content (AvgIpc) is 3.29. The van der Waals surface area contributed by atoms with Gasteiger partial charge in [0.15, 0.2) is 5.65 Å². The Balaban J connectivity index is 1.38. The Morgan fingerprint density at radius 3 is 2.32 bits per heavy atom. The highest BCUT2D eigenvalue weighted by Gasteiger charge is 2.15. The van der Waals surface area contributed by atoms with Gasteiger partial charge in [0.2, 0.25) is 0 Å². The van der Waals surface area contributed by atoms with Gasteiger partial charge in [0.1, 0.15) is 39.9 Å². The number of rotatable bonds is 7. The average molecular weight is 453 g/mol. The van der Waals surface area contributed by atoms with Gasteiger partial charge in [-0.3, -0.25) is 5.10 Å². The van der Waals surface area contributed by atoms with Crippen molar-refractivity contribution in [2.24, 2.45) is 0 Å². The van der Waals surface area contributed by atoms with Crippen LogP contribution in [0.25, 0.3) is 11.0 Å². The number of H-pyrrole nitrogens is 1. The van der Waals surface area contributed by atoms with Crippen LogP contribution in [-0.4, -0.2) is 33.2 Å². The van der Waals surface area contributed by atoms with Crippen molar-refractivity contribution in [3.63, 3.8) is 0 Å². The summed E-state index contributed by atoms with van der Waals surface area (Å²) in [5.41, 5.74) is 1.29. The third-order valence-electron chi connectivity index (χ3n) is 4.87. The van der Waals surface area contributed by atoms with Crippen LogP contribution in [0.1, 0.15) is 10.5 Å².